The molecule has 0 N–H and O–H groups in total. The number of amides is 2. The second kappa shape index (κ2) is 4.53. The van der Waals surface area contributed by atoms with Crippen LogP contribution in [-0.2, 0) is 15.3 Å². The Bertz CT molecular complexity index is 453. The summed E-state index contributed by atoms with van der Waals surface area (Å²) in [5, 5.41) is 0. The van der Waals surface area contributed by atoms with E-state index in [0.717, 1.165) is 10.5 Å². The summed E-state index contributed by atoms with van der Waals surface area (Å²) < 4.78 is 0. The zero-order valence-electron chi connectivity index (χ0n) is 8.84. The van der Waals surface area contributed by atoms with E-state index in [1.807, 2.05) is 30.3 Å². The average Bonchev–Trinajstić information content (AvgIpc) is 2.56. The van der Waals surface area contributed by atoms with Crippen LogP contribution in [0.25, 0.3) is 0 Å². The molecule has 0 saturated carbocycles. The molecule has 82 valence electrons. The van der Waals surface area contributed by atoms with Crippen LogP contribution in [0.4, 0.5) is 0 Å². The molecule has 0 spiro atoms. The summed E-state index contributed by atoms with van der Waals surface area (Å²) in [4.78, 5) is 24.4. The Kier molecular flexibility index (Phi) is 3.10. The van der Waals surface area contributed by atoms with Gasteiger partial charge in [-0.15, -0.1) is 11.8 Å². The van der Waals surface area contributed by atoms with Crippen LogP contribution >= 0.6 is 11.8 Å². The highest BCUT2D eigenvalue weighted by molar-refractivity contribution is 8.03. The van der Waals surface area contributed by atoms with Gasteiger partial charge in [0.2, 0.25) is 0 Å². The Hall–Kier alpha value is -1.55. The summed E-state index contributed by atoms with van der Waals surface area (Å²) in [6.07, 6.45) is 1.40. The van der Waals surface area contributed by atoms with Gasteiger partial charge >= 0.3 is 0 Å². The van der Waals surface area contributed by atoms with Crippen LogP contribution in [0, 0.1) is 0 Å². The Morgan fingerprint density at radius 3 is 2.44 bits per heavy atom. The van der Waals surface area contributed by atoms with E-state index in [0.29, 0.717) is 10.7 Å². The molecule has 0 aromatic heterocycles. The number of hydrogen-bond donors (Lipinski definition) is 0. The maximum atomic E-state index is 11.6. The zero-order valence-corrected chi connectivity index (χ0v) is 9.66. The number of carbonyl (C=O) groups is 2. The molecule has 1 aliphatic rings. The first kappa shape index (κ1) is 11.0. The molecule has 2 rings (SSSR count). The largest absolute Gasteiger partial charge is 0.278 e. The van der Waals surface area contributed by atoms with Crippen molar-refractivity contribution in [2.75, 3.05) is 7.05 Å². The SMILES string of the molecule is CN1C(=O)C=C(SCc2ccccc2)C1=O. The molecule has 1 aromatic carbocycles. The van der Waals surface area contributed by atoms with Crippen molar-refractivity contribution < 1.29 is 9.59 Å². The smallest absolute Gasteiger partial charge is 0.267 e. The topological polar surface area (TPSA) is 37.4 Å². The fourth-order valence-electron chi connectivity index (χ4n) is 1.37. The predicted molar refractivity (Wildman–Crippen MR) is 63.6 cm³/mol. The molecule has 0 unspecified atom stereocenters. The van der Waals surface area contributed by atoms with Gasteiger partial charge in [0.15, 0.2) is 0 Å². The molecule has 16 heavy (non-hydrogen) atoms. The molecule has 0 radical (unpaired) electrons. The van der Waals surface area contributed by atoms with E-state index in [9.17, 15) is 9.59 Å². The number of likely N-dealkylation sites (N-methyl/N-ethyl adjacent to an activating group) is 1. The number of benzene rings is 1. The van der Waals surface area contributed by atoms with Crippen molar-refractivity contribution in [3.05, 3.63) is 46.9 Å². The molecule has 3 nitrogen and oxygen atoms in total. The molecule has 0 bridgehead atoms. The second-order valence-corrected chi connectivity index (χ2v) is 4.50. The number of thioether (sulfide) groups is 1. The van der Waals surface area contributed by atoms with Crippen LogP contribution in [0.2, 0.25) is 0 Å². The van der Waals surface area contributed by atoms with Gasteiger partial charge in [-0.05, 0) is 5.56 Å². The predicted octanol–water partition coefficient (Wildman–Crippen LogP) is 1.80. The van der Waals surface area contributed by atoms with Crippen molar-refractivity contribution in [3.8, 4) is 0 Å². The lowest BCUT2D eigenvalue weighted by Gasteiger charge is -2.06. The Morgan fingerprint density at radius 2 is 1.88 bits per heavy atom. The fraction of sp³-hybridized carbons (Fsp3) is 0.167. The van der Waals surface area contributed by atoms with Crippen molar-refractivity contribution >= 4 is 23.6 Å². The minimum atomic E-state index is -0.236. The third kappa shape index (κ3) is 2.17. The standard InChI is InChI=1S/C12H11NO2S/c1-13-11(14)7-10(12(13)15)16-8-9-5-3-2-4-6-9/h2-7H,8H2,1H3. The lowest BCUT2D eigenvalue weighted by Crippen LogP contribution is -2.25. The molecule has 1 aromatic rings. The molecule has 1 aliphatic heterocycles. The molecular weight excluding hydrogens is 222 g/mol. The van der Waals surface area contributed by atoms with Gasteiger partial charge in [-0.3, -0.25) is 14.5 Å². The lowest BCUT2D eigenvalue weighted by atomic mass is 10.2. The molecule has 2 amide bonds. The summed E-state index contributed by atoms with van der Waals surface area (Å²) in [6.45, 7) is 0. The number of rotatable bonds is 3. The fourth-order valence-corrected chi connectivity index (χ4v) is 2.33. The van der Waals surface area contributed by atoms with E-state index >= 15 is 0 Å². The van der Waals surface area contributed by atoms with E-state index in [1.54, 1.807) is 0 Å². The van der Waals surface area contributed by atoms with Crippen molar-refractivity contribution in [1.29, 1.82) is 0 Å². The third-order valence-corrected chi connectivity index (χ3v) is 3.42. The number of imide groups is 1. The Balaban J connectivity index is 2.00. The third-order valence-electron chi connectivity index (χ3n) is 2.34. The van der Waals surface area contributed by atoms with E-state index < -0.39 is 0 Å². The van der Waals surface area contributed by atoms with Crippen LogP contribution in [0.15, 0.2) is 41.3 Å². The van der Waals surface area contributed by atoms with Gasteiger partial charge in [0, 0.05) is 18.9 Å². The Morgan fingerprint density at radius 1 is 1.19 bits per heavy atom. The first-order valence-electron chi connectivity index (χ1n) is 4.89. The van der Waals surface area contributed by atoms with Crippen molar-refractivity contribution in [2.45, 2.75) is 5.75 Å². The first-order chi connectivity index (χ1) is 7.68. The summed E-state index contributed by atoms with van der Waals surface area (Å²) in [7, 11) is 1.50. The summed E-state index contributed by atoms with van der Waals surface area (Å²) in [5.74, 6) is 0.269. The van der Waals surface area contributed by atoms with Gasteiger partial charge in [0.05, 0.1) is 4.91 Å². The molecule has 1 heterocycles. The summed E-state index contributed by atoms with van der Waals surface area (Å²) >= 11 is 1.40. The number of nitrogens with zero attached hydrogens (tertiary/aromatic N) is 1. The molecule has 0 saturated heterocycles. The molecular formula is C12H11NO2S. The quantitative estimate of drug-likeness (QED) is 0.747. The molecule has 0 aliphatic carbocycles. The highest BCUT2D eigenvalue weighted by Gasteiger charge is 2.27. The van der Waals surface area contributed by atoms with Gasteiger partial charge in [-0.25, -0.2) is 0 Å². The monoisotopic (exact) mass is 233 g/mol. The zero-order chi connectivity index (χ0) is 11.5. The van der Waals surface area contributed by atoms with E-state index in [1.165, 1.54) is 24.9 Å². The van der Waals surface area contributed by atoms with E-state index in [4.69, 9.17) is 0 Å². The van der Waals surface area contributed by atoms with Crippen LogP contribution in [0.3, 0.4) is 0 Å². The normalized spacial score (nSPS) is 15.6. The van der Waals surface area contributed by atoms with Crippen LogP contribution in [0.1, 0.15) is 5.56 Å². The summed E-state index contributed by atoms with van der Waals surface area (Å²) in [6, 6.07) is 9.86. The van der Waals surface area contributed by atoms with Crippen LogP contribution in [-0.4, -0.2) is 23.8 Å². The van der Waals surface area contributed by atoms with Gasteiger partial charge in [0.25, 0.3) is 11.8 Å². The van der Waals surface area contributed by atoms with E-state index in [2.05, 4.69) is 0 Å². The highest BCUT2D eigenvalue weighted by atomic mass is 32.2. The molecule has 0 fully saturated rings. The van der Waals surface area contributed by atoms with Gasteiger partial charge in [0.1, 0.15) is 0 Å². The maximum Gasteiger partial charge on any atom is 0.267 e. The molecule has 0 atom stereocenters. The second-order valence-electron chi connectivity index (χ2n) is 3.49. The number of hydrogen-bond acceptors (Lipinski definition) is 3. The van der Waals surface area contributed by atoms with Crippen LogP contribution < -0.4 is 0 Å². The van der Waals surface area contributed by atoms with Crippen molar-refractivity contribution in [3.63, 3.8) is 0 Å². The van der Waals surface area contributed by atoms with Crippen molar-refractivity contribution in [1.82, 2.24) is 4.90 Å². The van der Waals surface area contributed by atoms with Gasteiger partial charge in [-0.2, -0.15) is 0 Å². The average molecular weight is 233 g/mol. The lowest BCUT2D eigenvalue weighted by molar-refractivity contribution is -0.135. The van der Waals surface area contributed by atoms with E-state index in [-0.39, 0.29) is 11.8 Å². The minimum absolute atomic E-state index is 0.203. The molecule has 4 heteroatoms. The van der Waals surface area contributed by atoms with Crippen molar-refractivity contribution in [2.24, 2.45) is 0 Å². The Labute approximate surface area is 98.1 Å². The van der Waals surface area contributed by atoms with Gasteiger partial charge < -0.3 is 0 Å². The first-order valence-corrected chi connectivity index (χ1v) is 5.87. The van der Waals surface area contributed by atoms with Crippen LogP contribution in [0.5, 0.6) is 0 Å². The highest BCUT2D eigenvalue weighted by Crippen LogP contribution is 2.26. The summed E-state index contributed by atoms with van der Waals surface area (Å²) in [5.41, 5.74) is 1.14. The van der Waals surface area contributed by atoms with Gasteiger partial charge in [-0.1, -0.05) is 30.3 Å². The number of carbonyl (C=O) groups excluding carboxylic acids is 2. The maximum absolute atomic E-state index is 11.6. The minimum Gasteiger partial charge on any atom is -0.278 e.